The molecule has 0 saturated heterocycles. The molecule has 0 aliphatic heterocycles. The Morgan fingerprint density at radius 2 is 1.30 bits per heavy atom. The molecule has 0 aliphatic carbocycles. The zero-order valence-corrected chi connectivity index (χ0v) is 17.0. The molecular formula is C27H20ClNO. The van der Waals surface area contributed by atoms with Crippen molar-refractivity contribution in [3.63, 3.8) is 0 Å². The lowest BCUT2D eigenvalue weighted by molar-refractivity contribution is -0.111. The number of carbonyl (C=O) groups excluding carboxylic acids is 1. The number of hydrogen-bond donors (Lipinski definition) is 1. The van der Waals surface area contributed by atoms with E-state index in [9.17, 15) is 4.79 Å². The fraction of sp³-hybridized carbons (Fsp3) is 0. The SMILES string of the molecule is O=C(Nc1ccccc1-c1ccccc1)/C(=C/c1ccccc1Cl)c1ccccc1. The third kappa shape index (κ3) is 4.51. The minimum absolute atomic E-state index is 0.190. The first-order valence-corrected chi connectivity index (χ1v) is 10.1. The molecule has 30 heavy (non-hydrogen) atoms. The van der Waals surface area contributed by atoms with Crippen LogP contribution in [0.25, 0.3) is 22.8 Å². The number of nitrogens with one attached hydrogen (secondary N) is 1. The van der Waals surface area contributed by atoms with E-state index in [-0.39, 0.29) is 5.91 Å². The minimum atomic E-state index is -0.190. The molecule has 146 valence electrons. The van der Waals surface area contributed by atoms with Gasteiger partial charge in [0.05, 0.1) is 0 Å². The molecular weight excluding hydrogens is 390 g/mol. The van der Waals surface area contributed by atoms with Crippen LogP contribution in [0.2, 0.25) is 5.02 Å². The Bertz CT molecular complexity index is 1180. The maximum Gasteiger partial charge on any atom is 0.256 e. The number of amides is 1. The van der Waals surface area contributed by atoms with Crippen molar-refractivity contribution in [3.8, 4) is 11.1 Å². The topological polar surface area (TPSA) is 29.1 Å². The first-order chi connectivity index (χ1) is 14.7. The van der Waals surface area contributed by atoms with Crippen LogP contribution in [0.15, 0.2) is 109 Å². The molecule has 4 rings (SSSR count). The summed E-state index contributed by atoms with van der Waals surface area (Å²) in [7, 11) is 0. The van der Waals surface area contributed by atoms with Gasteiger partial charge in [-0.1, -0.05) is 109 Å². The van der Waals surface area contributed by atoms with Gasteiger partial charge in [0.2, 0.25) is 0 Å². The van der Waals surface area contributed by atoms with Gasteiger partial charge in [0.15, 0.2) is 0 Å². The van der Waals surface area contributed by atoms with Gasteiger partial charge in [-0.2, -0.15) is 0 Å². The molecule has 4 aromatic rings. The number of carbonyl (C=O) groups is 1. The molecule has 4 aromatic carbocycles. The molecule has 0 saturated carbocycles. The first kappa shape index (κ1) is 19.7. The lowest BCUT2D eigenvalue weighted by Crippen LogP contribution is -2.14. The molecule has 0 unspecified atom stereocenters. The molecule has 1 amide bonds. The third-order valence-electron chi connectivity index (χ3n) is 4.79. The molecule has 3 heteroatoms. The number of rotatable bonds is 5. The van der Waals surface area contributed by atoms with Crippen LogP contribution in [0, 0.1) is 0 Å². The van der Waals surface area contributed by atoms with Crippen LogP contribution in [0.4, 0.5) is 5.69 Å². The summed E-state index contributed by atoms with van der Waals surface area (Å²) in [5.41, 5.74) is 4.94. The van der Waals surface area contributed by atoms with Crippen molar-refractivity contribution in [2.45, 2.75) is 0 Å². The van der Waals surface area contributed by atoms with Gasteiger partial charge in [0.25, 0.3) is 5.91 Å². The van der Waals surface area contributed by atoms with Crippen molar-refractivity contribution in [2.75, 3.05) is 5.32 Å². The molecule has 1 N–H and O–H groups in total. The van der Waals surface area contributed by atoms with Gasteiger partial charge >= 0.3 is 0 Å². The minimum Gasteiger partial charge on any atom is -0.321 e. The maximum atomic E-state index is 13.4. The van der Waals surface area contributed by atoms with Gasteiger partial charge in [-0.25, -0.2) is 0 Å². The van der Waals surface area contributed by atoms with E-state index in [0.29, 0.717) is 10.6 Å². The van der Waals surface area contributed by atoms with Gasteiger partial charge in [0.1, 0.15) is 0 Å². The summed E-state index contributed by atoms with van der Waals surface area (Å²) >= 11 is 6.35. The fourth-order valence-corrected chi connectivity index (χ4v) is 3.49. The maximum absolute atomic E-state index is 13.4. The largest absolute Gasteiger partial charge is 0.321 e. The van der Waals surface area contributed by atoms with E-state index in [1.165, 1.54) is 0 Å². The molecule has 0 spiro atoms. The highest BCUT2D eigenvalue weighted by Gasteiger charge is 2.15. The van der Waals surface area contributed by atoms with Gasteiger partial charge in [0, 0.05) is 21.8 Å². The molecule has 2 nitrogen and oxygen atoms in total. The molecule has 0 aliphatic rings. The van der Waals surface area contributed by atoms with E-state index in [2.05, 4.69) is 5.32 Å². The Labute approximate surface area is 181 Å². The van der Waals surface area contributed by atoms with E-state index in [1.54, 1.807) is 0 Å². The summed E-state index contributed by atoms with van der Waals surface area (Å²) in [4.78, 5) is 13.4. The summed E-state index contributed by atoms with van der Waals surface area (Å²) in [6, 6.07) is 34.9. The molecule has 0 heterocycles. The quantitative estimate of drug-likeness (QED) is 0.274. The second kappa shape index (κ2) is 9.25. The highest BCUT2D eigenvalue weighted by atomic mass is 35.5. The zero-order chi connectivity index (χ0) is 20.8. The van der Waals surface area contributed by atoms with E-state index >= 15 is 0 Å². The van der Waals surface area contributed by atoms with Crippen LogP contribution < -0.4 is 5.32 Å². The summed E-state index contributed by atoms with van der Waals surface area (Å²) in [5, 5.41) is 3.70. The standard InChI is InChI=1S/C27H20ClNO/c28-25-17-9-7-15-22(25)19-24(21-13-5-2-6-14-21)27(30)29-26-18-10-8-16-23(26)20-11-3-1-4-12-20/h1-19H,(H,29,30)/b24-19+. The lowest BCUT2D eigenvalue weighted by Gasteiger charge is -2.14. The number of hydrogen-bond acceptors (Lipinski definition) is 1. The number of para-hydroxylation sites is 1. The number of halogens is 1. The highest BCUT2D eigenvalue weighted by Crippen LogP contribution is 2.30. The molecule has 0 radical (unpaired) electrons. The van der Waals surface area contributed by atoms with Crippen LogP contribution in [0.1, 0.15) is 11.1 Å². The van der Waals surface area contributed by atoms with Crippen LogP contribution in [0.5, 0.6) is 0 Å². The molecule has 0 fully saturated rings. The van der Waals surface area contributed by atoms with Crippen molar-refractivity contribution in [1.29, 1.82) is 0 Å². The average molecular weight is 410 g/mol. The highest BCUT2D eigenvalue weighted by molar-refractivity contribution is 6.34. The zero-order valence-electron chi connectivity index (χ0n) is 16.3. The van der Waals surface area contributed by atoms with Gasteiger partial charge in [-0.15, -0.1) is 0 Å². The normalized spacial score (nSPS) is 11.2. The lowest BCUT2D eigenvalue weighted by atomic mass is 10.0. The molecule has 0 aromatic heterocycles. The Balaban J connectivity index is 1.74. The number of benzene rings is 4. The van der Waals surface area contributed by atoms with E-state index in [4.69, 9.17) is 11.6 Å². The van der Waals surface area contributed by atoms with Crippen LogP contribution in [-0.2, 0) is 4.79 Å². The van der Waals surface area contributed by atoms with Crippen molar-refractivity contribution < 1.29 is 4.79 Å². The smallest absolute Gasteiger partial charge is 0.256 e. The predicted molar refractivity (Wildman–Crippen MR) is 126 cm³/mol. The van der Waals surface area contributed by atoms with Crippen molar-refractivity contribution in [1.82, 2.24) is 0 Å². The summed E-state index contributed by atoms with van der Waals surface area (Å²) in [6.45, 7) is 0. The van der Waals surface area contributed by atoms with E-state index in [1.807, 2.05) is 115 Å². The Morgan fingerprint density at radius 1 is 0.700 bits per heavy atom. The predicted octanol–water partition coefficient (Wildman–Crippen LogP) is 7.19. The van der Waals surface area contributed by atoms with E-state index < -0.39 is 0 Å². The van der Waals surface area contributed by atoms with Crippen molar-refractivity contribution in [3.05, 3.63) is 125 Å². The van der Waals surface area contributed by atoms with Crippen LogP contribution >= 0.6 is 11.6 Å². The average Bonchev–Trinajstić information content (AvgIpc) is 2.80. The second-order valence-corrected chi connectivity index (χ2v) is 7.22. The van der Waals surface area contributed by atoms with Gasteiger partial charge in [-0.05, 0) is 34.9 Å². The van der Waals surface area contributed by atoms with Crippen LogP contribution in [0.3, 0.4) is 0 Å². The summed E-state index contributed by atoms with van der Waals surface area (Å²) in [6.07, 6.45) is 1.83. The van der Waals surface area contributed by atoms with Gasteiger partial charge in [-0.3, -0.25) is 4.79 Å². The summed E-state index contributed by atoms with van der Waals surface area (Å²) < 4.78 is 0. The Kier molecular flexibility index (Phi) is 6.07. The molecule has 0 bridgehead atoms. The van der Waals surface area contributed by atoms with Crippen molar-refractivity contribution in [2.24, 2.45) is 0 Å². The van der Waals surface area contributed by atoms with Gasteiger partial charge < -0.3 is 5.32 Å². The monoisotopic (exact) mass is 409 g/mol. The Morgan fingerprint density at radius 3 is 2.03 bits per heavy atom. The molecule has 0 atom stereocenters. The van der Waals surface area contributed by atoms with E-state index in [0.717, 1.165) is 27.9 Å². The third-order valence-corrected chi connectivity index (χ3v) is 5.14. The number of anilines is 1. The van der Waals surface area contributed by atoms with Crippen LogP contribution in [-0.4, -0.2) is 5.91 Å². The second-order valence-electron chi connectivity index (χ2n) is 6.81. The first-order valence-electron chi connectivity index (χ1n) is 9.70. The summed E-state index contributed by atoms with van der Waals surface area (Å²) in [5.74, 6) is -0.190. The van der Waals surface area contributed by atoms with Crippen molar-refractivity contribution >= 4 is 34.8 Å². The Hall–Kier alpha value is -3.62. The fourth-order valence-electron chi connectivity index (χ4n) is 3.30.